The van der Waals surface area contributed by atoms with Crippen molar-refractivity contribution in [1.29, 1.82) is 0 Å². The molecule has 6 heteroatoms. The number of aromatic nitrogens is 1. The monoisotopic (exact) mass is 257 g/mol. The molecule has 1 aromatic rings. The molecule has 0 saturated carbocycles. The molecule has 0 fully saturated rings. The standard InChI is InChI=1S/C11H12ClNO4/c1-3-5-6(4-2)9(12)13-8(11(16)17)7(5)10(14)15/h3-4H2,1-2H3,(H,14,15)(H,16,17). The number of carbonyl (C=O) groups is 2. The Kier molecular flexibility index (Phi) is 4.07. The fourth-order valence-electron chi connectivity index (χ4n) is 1.77. The van der Waals surface area contributed by atoms with Crippen LogP contribution in [0.25, 0.3) is 0 Å². The van der Waals surface area contributed by atoms with Crippen molar-refractivity contribution >= 4 is 23.5 Å². The second-order valence-corrected chi connectivity index (χ2v) is 3.76. The highest BCUT2D eigenvalue weighted by Gasteiger charge is 2.25. The minimum Gasteiger partial charge on any atom is -0.478 e. The molecule has 1 aromatic heterocycles. The third-order valence-electron chi connectivity index (χ3n) is 2.49. The van der Waals surface area contributed by atoms with Crippen molar-refractivity contribution in [3.05, 3.63) is 27.5 Å². The first-order valence-corrected chi connectivity index (χ1v) is 5.49. The van der Waals surface area contributed by atoms with E-state index in [4.69, 9.17) is 21.8 Å². The summed E-state index contributed by atoms with van der Waals surface area (Å²) in [5, 5.41) is 18.1. The molecule has 0 aliphatic heterocycles. The number of carboxylic acids is 2. The lowest BCUT2D eigenvalue weighted by atomic mass is 9.97. The molecular weight excluding hydrogens is 246 g/mol. The van der Waals surface area contributed by atoms with Crippen LogP contribution >= 0.6 is 11.6 Å². The summed E-state index contributed by atoms with van der Waals surface area (Å²) in [5.74, 6) is -2.68. The van der Waals surface area contributed by atoms with Gasteiger partial charge in [0, 0.05) is 0 Å². The van der Waals surface area contributed by atoms with Gasteiger partial charge in [-0.1, -0.05) is 25.4 Å². The normalized spacial score (nSPS) is 10.3. The number of halogens is 1. The van der Waals surface area contributed by atoms with Gasteiger partial charge in [-0.05, 0) is 24.0 Å². The second kappa shape index (κ2) is 5.14. The van der Waals surface area contributed by atoms with Gasteiger partial charge in [-0.3, -0.25) is 0 Å². The Hall–Kier alpha value is -1.62. The summed E-state index contributed by atoms with van der Waals surface area (Å²) in [7, 11) is 0. The van der Waals surface area contributed by atoms with Crippen LogP contribution < -0.4 is 0 Å². The van der Waals surface area contributed by atoms with Crippen molar-refractivity contribution < 1.29 is 19.8 Å². The van der Waals surface area contributed by atoms with E-state index in [-0.39, 0.29) is 10.7 Å². The third kappa shape index (κ3) is 2.39. The van der Waals surface area contributed by atoms with Crippen LogP contribution in [-0.2, 0) is 12.8 Å². The Morgan fingerprint density at radius 3 is 2.00 bits per heavy atom. The summed E-state index contributed by atoms with van der Waals surface area (Å²) in [6.07, 6.45) is 0.905. The summed E-state index contributed by atoms with van der Waals surface area (Å²) in [6.45, 7) is 3.57. The summed E-state index contributed by atoms with van der Waals surface area (Å²) in [4.78, 5) is 25.8. The number of nitrogens with zero attached hydrogens (tertiary/aromatic N) is 1. The van der Waals surface area contributed by atoms with Gasteiger partial charge >= 0.3 is 11.9 Å². The number of hydrogen-bond acceptors (Lipinski definition) is 3. The average Bonchev–Trinajstić information content (AvgIpc) is 2.26. The Morgan fingerprint density at radius 1 is 1.12 bits per heavy atom. The molecule has 0 aliphatic rings. The van der Waals surface area contributed by atoms with Crippen molar-refractivity contribution in [2.24, 2.45) is 0 Å². The van der Waals surface area contributed by atoms with Crippen molar-refractivity contribution in [2.45, 2.75) is 26.7 Å². The van der Waals surface area contributed by atoms with E-state index in [9.17, 15) is 9.59 Å². The topological polar surface area (TPSA) is 87.5 Å². The van der Waals surface area contributed by atoms with E-state index in [1.165, 1.54) is 0 Å². The minimum atomic E-state index is -1.39. The fourth-order valence-corrected chi connectivity index (χ4v) is 2.11. The second-order valence-electron chi connectivity index (χ2n) is 3.40. The van der Waals surface area contributed by atoms with Crippen molar-refractivity contribution in [3.8, 4) is 0 Å². The van der Waals surface area contributed by atoms with Gasteiger partial charge in [0.2, 0.25) is 0 Å². The number of hydrogen-bond donors (Lipinski definition) is 2. The van der Waals surface area contributed by atoms with Gasteiger partial charge in [-0.2, -0.15) is 0 Å². The van der Waals surface area contributed by atoms with Crippen LogP contribution in [0.5, 0.6) is 0 Å². The Labute approximate surface area is 103 Å². The molecule has 5 nitrogen and oxygen atoms in total. The van der Waals surface area contributed by atoms with Gasteiger partial charge in [-0.25, -0.2) is 14.6 Å². The maximum absolute atomic E-state index is 11.1. The molecule has 0 spiro atoms. The molecule has 0 amide bonds. The first-order chi connectivity index (χ1) is 7.93. The molecule has 17 heavy (non-hydrogen) atoms. The van der Waals surface area contributed by atoms with Crippen LogP contribution in [-0.4, -0.2) is 27.1 Å². The minimum absolute atomic E-state index is 0.0618. The maximum Gasteiger partial charge on any atom is 0.355 e. The van der Waals surface area contributed by atoms with Crippen molar-refractivity contribution in [3.63, 3.8) is 0 Å². The first-order valence-electron chi connectivity index (χ1n) is 5.11. The first kappa shape index (κ1) is 13.4. The number of carboxylic acid groups (broad SMARTS) is 2. The fraction of sp³-hybridized carbons (Fsp3) is 0.364. The summed E-state index contributed by atoms with van der Waals surface area (Å²) in [5.41, 5.74) is 0.270. The van der Waals surface area contributed by atoms with E-state index in [0.29, 0.717) is 24.0 Å². The van der Waals surface area contributed by atoms with E-state index in [0.717, 1.165) is 0 Å². The lowest BCUT2D eigenvalue weighted by Crippen LogP contribution is -2.16. The van der Waals surface area contributed by atoms with Gasteiger partial charge in [0.25, 0.3) is 0 Å². The molecule has 0 aromatic carbocycles. The van der Waals surface area contributed by atoms with Gasteiger partial charge in [0.1, 0.15) is 5.15 Å². The Balaban J connectivity index is 3.71. The highest BCUT2D eigenvalue weighted by molar-refractivity contribution is 6.30. The van der Waals surface area contributed by atoms with Gasteiger partial charge < -0.3 is 10.2 Å². The van der Waals surface area contributed by atoms with Gasteiger partial charge in [-0.15, -0.1) is 0 Å². The SMILES string of the molecule is CCc1c(Cl)nc(C(=O)O)c(C(=O)O)c1CC. The molecule has 2 N–H and O–H groups in total. The van der Waals surface area contributed by atoms with Crippen LogP contribution in [0.4, 0.5) is 0 Å². The summed E-state index contributed by atoms with van der Waals surface area (Å²) >= 11 is 5.87. The van der Waals surface area contributed by atoms with E-state index in [1.54, 1.807) is 6.92 Å². The predicted octanol–water partition coefficient (Wildman–Crippen LogP) is 2.26. The Bertz CT molecular complexity index is 485. The molecule has 1 rings (SSSR count). The summed E-state index contributed by atoms with van der Waals surface area (Å²) < 4.78 is 0. The lowest BCUT2D eigenvalue weighted by Gasteiger charge is -2.13. The molecule has 0 radical (unpaired) electrons. The molecule has 0 saturated heterocycles. The lowest BCUT2D eigenvalue weighted by molar-refractivity contribution is 0.0645. The molecule has 92 valence electrons. The number of pyridine rings is 1. The molecule has 1 heterocycles. The molecule has 0 bridgehead atoms. The highest BCUT2D eigenvalue weighted by atomic mass is 35.5. The highest BCUT2D eigenvalue weighted by Crippen LogP contribution is 2.25. The average molecular weight is 258 g/mol. The number of rotatable bonds is 4. The predicted molar refractivity (Wildman–Crippen MR) is 61.9 cm³/mol. The van der Waals surface area contributed by atoms with E-state index < -0.39 is 17.6 Å². The smallest absolute Gasteiger partial charge is 0.355 e. The van der Waals surface area contributed by atoms with Gasteiger partial charge in [0.15, 0.2) is 5.69 Å². The van der Waals surface area contributed by atoms with E-state index in [1.807, 2.05) is 6.92 Å². The molecule has 0 unspecified atom stereocenters. The maximum atomic E-state index is 11.1. The van der Waals surface area contributed by atoms with Crippen LogP contribution in [0, 0.1) is 0 Å². The zero-order valence-corrected chi connectivity index (χ0v) is 10.2. The largest absolute Gasteiger partial charge is 0.478 e. The van der Waals surface area contributed by atoms with E-state index in [2.05, 4.69) is 4.98 Å². The number of aromatic carboxylic acids is 2. The van der Waals surface area contributed by atoms with Crippen LogP contribution in [0.1, 0.15) is 45.8 Å². The van der Waals surface area contributed by atoms with Crippen LogP contribution in [0.15, 0.2) is 0 Å². The zero-order chi connectivity index (χ0) is 13.2. The van der Waals surface area contributed by atoms with Gasteiger partial charge in [0.05, 0.1) is 5.56 Å². The molecule has 0 atom stereocenters. The summed E-state index contributed by atoms with van der Waals surface area (Å²) in [6, 6.07) is 0. The third-order valence-corrected chi connectivity index (χ3v) is 2.80. The van der Waals surface area contributed by atoms with E-state index >= 15 is 0 Å². The Morgan fingerprint density at radius 2 is 1.65 bits per heavy atom. The van der Waals surface area contributed by atoms with Crippen LogP contribution in [0.3, 0.4) is 0 Å². The van der Waals surface area contributed by atoms with Crippen molar-refractivity contribution in [2.75, 3.05) is 0 Å². The quantitative estimate of drug-likeness (QED) is 0.808. The van der Waals surface area contributed by atoms with Crippen LogP contribution in [0.2, 0.25) is 5.15 Å². The molecular formula is C11H12ClNO4. The van der Waals surface area contributed by atoms with Crippen molar-refractivity contribution in [1.82, 2.24) is 4.98 Å². The zero-order valence-electron chi connectivity index (χ0n) is 9.45. The molecule has 0 aliphatic carbocycles.